The second-order valence-electron chi connectivity index (χ2n) is 1.62. The highest BCUT2D eigenvalue weighted by molar-refractivity contribution is 7.61. The zero-order chi connectivity index (χ0) is 9.40. The van der Waals surface area contributed by atoms with E-state index in [0.29, 0.717) is 0 Å². The molecular formula is C6H7ClN2O2S. The maximum absolute atomic E-state index is 9.08. The van der Waals surface area contributed by atoms with Crippen LogP contribution in [0.2, 0.25) is 5.02 Å². The van der Waals surface area contributed by atoms with Crippen molar-refractivity contribution in [2.45, 2.75) is 0 Å². The molecule has 0 aliphatic carbocycles. The van der Waals surface area contributed by atoms with Gasteiger partial charge in [-0.25, -0.2) is 5.84 Å². The molecule has 1 aromatic carbocycles. The van der Waals surface area contributed by atoms with Gasteiger partial charge in [0.15, 0.2) is 0 Å². The van der Waals surface area contributed by atoms with E-state index in [4.69, 9.17) is 20.0 Å². The van der Waals surface area contributed by atoms with Crippen LogP contribution in [0.3, 0.4) is 0 Å². The Hall–Kier alpha value is -0.910. The lowest BCUT2D eigenvalue weighted by Crippen LogP contribution is -1.73. The van der Waals surface area contributed by atoms with Crippen LogP contribution < -0.4 is 5.84 Å². The number of nitrogens with zero attached hydrogens (tertiary/aromatic N) is 1. The fourth-order valence-corrected chi connectivity index (χ4v) is 0.560. The van der Waals surface area contributed by atoms with Crippen molar-refractivity contribution >= 4 is 22.1 Å². The average molecular weight is 207 g/mol. The van der Waals surface area contributed by atoms with Crippen molar-refractivity contribution in [2.24, 2.45) is 10.3 Å². The number of benzene rings is 1. The molecule has 0 aliphatic rings. The Morgan fingerprint density at radius 3 is 1.83 bits per heavy atom. The standard InChI is InChI=1S/C6H5Cl.H2N2O2S/c7-6-4-2-1-3-5-6;1-2-5(3)4/h1-5H;1H2. The highest BCUT2D eigenvalue weighted by Crippen LogP contribution is 2.03. The van der Waals surface area contributed by atoms with Crippen molar-refractivity contribution < 1.29 is 8.42 Å². The smallest absolute Gasteiger partial charge is 0.212 e. The molecule has 66 valence electrons. The third-order valence-electron chi connectivity index (χ3n) is 0.819. The molecule has 4 nitrogen and oxygen atoms in total. The quantitative estimate of drug-likeness (QED) is 0.513. The molecule has 0 fully saturated rings. The molecule has 0 heterocycles. The third-order valence-corrected chi connectivity index (χ3v) is 1.24. The van der Waals surface area contributed by atoms with E-state index < -0.39 is 10.5 Å². The van der Waals surface area contributed by atoms with Crippen LogP contribution in [0, 0.1) is 0 Å². The highest BCUT2D eigenvalue weighted by atomic mass is 35.5. The van der Waals surface area contributed by atoms with E-state index in [0.717, 1.165) is 5.02 Å². The lowest BCUT2D eigenvalue weighted by Gasteiger charge is -1.80. The van der Waals surface area contributed by atoms with Crippen LogP contribution in [0.25, 0.3) is 0 Å². The van der Waals surface area contributed by atoms with Gasteiger partial charge in [-0.15, -0.1) is 0 Å². The lowest BCUT2D eigenvalue weighted by atomic mass is 10.4. The Labute approximate surface area is 76.6 Å². The number of hydrogen-bond donors (Lipinski definition) is 1. The Morgan fingerprint density at radius 1 is 1.25 bits per heavy atom. The van der Waals surface area contributed by atoms with E-state index in [1.54, 1.807) is 0 Å². The number of halogens is 1. The van der Waals surface area contributed by atoms with Crippen molar-refractivity contribution in [3.8, 4) is 0 Å². The maximum atomic E-state index is 9.08. The number of hydrogen-bond acceptors (Lipinski definition) is 3. The molecule has 6 heteroatoms. The maximum Gasteiger partial charge on any atom is 0.327 e. The number of nitrogens with two attached hydrogens (primary N) is 1. The number of rotatable bonds is 0. The summed E-state index contributed by atoms with van der Waals surface area (Å²) in [6.45, 7) is 0. The Morgan fingerprint density at radius 2 is 1.67 bits per heavy atom. The minimum Gasteiger partial charge on any atom is -0.212 e. The lowest BCUT2D eigenvalue weighted by molar-refractivity contribution is 0.620. The predicted octanol–water partition coefficient (Wildman–Crippen LogP) is 1.26. The van der Waals surface area contributed by atoms with Gasteiger partial charge in [-0.05, 0) is 12.1 Å². The van der Waals surface area contributed by atoms with Crippen LogP contribution in [0.1, 0.15) is 0 Å². The van der Waals surface area contributed by atoms with Crippen LogP contribution in [-0.2, 0) is 10.5 Å². The van der Waals surface area contributed by atoms with Crippen molar-refractivity contribution in [1.82, 2.24) is 0 Å². The Kier molecular flexibility index (Phi) is 6.26. The normalized spacial score (nSPS) is 7.83. The monoisotopic (exact) mass is 206 g/mol. The minimum absolute atomic E-state index is 0.794. The third kappa shape index (κ3) is 7.20. The molecule has 0 radical (unpaired) electrons. The summed E-state index contributed by atoms with van der Waals surface area (Å²) in [7, 11) is -2.42. The second-order valence-corrected chi connectivity index (χ2v) is 2.70. The minimum atomic E-state index is -2.42. The van der Waals surface area contributed by atoms with Crippen molar-refractivity contribution in [2.75, 3.05) is 0 Å². The van der Waals surface area contributed by atoms with Crippen LogP contribution in [0.4, 0.5) is 0 Å². The molecule has 0 aromatic heterocycles. The summed E-state index contributed by atoms with van der Waals surface area (Å²) < 4.78 is 20.5. The molecule has 0 amide bonds. The summed E-state index contributed by atoms with van der Waals surface area (Å²) in [4.78, 5) is 0. The average Bonchev–Trinajstić information content (AvgIpc) is 2.07. The molecule has 1 rings (SSSR count). The van der Waals surface area contributed by atoms with E-state index in [2.05, 4.69) is 10.3 Å². The summed E-state index contributed by atoms with van der Waals surface area (Å²) >= 11 is 5.54. The molecule has 1 aromatic rings. The first-order chi connectivity index (χ1) is 5.66. The topological polar surface area (TPSA) is 72.5 Å². The van der Waals surface area contributed by atoms with E-state index in [9.17, 15) is 0 Å². The first-order valence-corrected chi connectivity index (χ1v) is 4.28. The molecular weight excluding hydrogens is 200 g/mol. The zero-order valence-electron chi connectivity index (χ0n) is 6.01. The Balaban J connectivity index is 0.000000217. The van der Waals surface area contributed by atoms with Gasteiger partial charge in [-0.2, -0.15) is 8.42 Å². The molecule has 0 saturated carbocycles. The molecule has 0 spiro atoms. The van der Waals surface area contributed by atoms with Crippen molar-refractivity contribution in [1.29, 1.82) is 0 Å². The van der Waals surface area contributed by atoms with E-state index in [1.165, 1.54) is 0 Å². The summed E-state index contributed by atoms with van der Waals surface area (Å²) in [5.74, 6) is 4.18. The molecule has 0 unspecified atom stereocenters. The van der Waals surface area contributed by atoms with Gasteiger partial charge in [0.1, 0.15) is 0 Å². The van der Waals surface area contributed by atoms with Gasteiger partial charge in [0, 0.05) is 5.02 Å². The van der Waals surface area contributed by atoms with Crippen LogP contribution >= 0.6 is 11.6 Å². The first-order valence-electron chi connectivity index (χ1n) is 2.87. The summed E-state index contributed by atoms with van der Waals surface area (Å²) in [6, 6.07) is 9.44. The first kappa shape index (κ1) is 11.1. The van der Waals surface area contributed by atoms with Crippen LogP contribution in [-0.4, -0.2) is 8.42 Å². The van der Waals surface area contributed by atoms with Gasteiger partial charge in [0.2, 0.25) is 0 Å². The molecule has 12 heavy (non-hydrogen) atoms. The van der Waals surface area contributed by atoms with E-state index >= 15 is 0 Å². The van der Waals surface area contributed by atoms with Crippen molar-refractivity contribution in [3.05, 3.63) is 35.4 Å². The van der Waals surface area contributed by atoms with E-state index in [-0.39, 0.29) is 0 Å². The zero-order valence-corrected chi connectivity index (χ0v) is 7.59. The fourth-order valence-electron chi connectivity index (χ4n) is 0.415. The van der Waals surface area contributed by atoms with Crippen LogP contribution in [0.15, 0.2) is 34.8 Å². The SMILES string of the molecule is Clc1ccccc1.NN=S(=O)=O. The van der Waals surface area contributed by atoms with Gasteiger partial charge in [0.05, 0.1) is 0 Å². The second kappa shape index (κ2) is 6.78. The van der Waals surface area contributed by atoms with Crippen LogP contribution in [0.5, 0.6) is 0 Å². The predicted molar refractivity (Wildman–Crippen MR) is 47.0 cm³/mol. The van der Waals surface area contributed by atoms with Crippen molar-refractivity contribution in [3.63, 3.8) is 0 Å². The molecule has 0 aliphatic heterocycles. The molecule has 0 bridgehead atoms. The van der Waals surface area contributed by atoms with E-state index in [1.807, 2.05) is 30.3 Å². The van der Waals surface area contributed by atoms with Gasteiger partial charge in [0.25, 0.3) is 0 Å². The Bertz CT molecular complexity index is 328. The largest absolute Gasteiger partial charge is 0.327 e. The van der Waals surface area contributed by atoms with Gasteiger partial charge < -0.3 is 0 Å². The molecule has 2 N–H and O–H groups in total. The van der Waals surface area contributed by atoms with Gasteiger partial charge in [-0.3, -0.25) is 0 Å². The summed E-state index contributed by atoms with van der Waals surface area (Å²) in [5, 5.41) is 0.794. The molecule has 0 atom stereocenters. The van der Waals surface area contributed by atoms with Gasteiger partial charge in [-0.1, -0.05) is 34.3 Å². The summed E-state index contributed by atoms with van der Waals surface area (Å²) in [6.07, 6.45) is 0. The summed E-state index contributed by atoms with van der Waals surface area (Å²) in [5.41, 5.74) is 0. The molecule has 0 saturated heterocycles. The van der Waals surface area contributed by atoms with Gasteiger partial charge >= 0.3 is 10.5 Å². The fraction of sp³-hybridized carbons (Fsp3) is 0. The highest BCUT2D eigenvalue weighted by Gasteiger charge is 1.74.